The van der Waals surface area contributed by atoms with E-state index in [1.165, 1.54) is 9.99 Å². The zero-order valence-corrected chi connectivity index (χ0v) is 26.6. The number of carbonyl (C=O) groups is 1. The maximum absolute atomic E-state index is 14.0. The van der Waals surface area contributed by atoms with Crippen LogP contribution in [-0.2, 0) is 21.2 Å². The van der Waals surface area contributed by atoms with Crippen LogP contribution in [0.25, 0.3) is 0 Å². The molecule has 2 heterocycles. The molecule has 1 fully saturated rings. The predicted molar refractivity (Wildman–Crippen MR) is 175 cm³/mol. The number of hydrogen-bond acceptors (Lipinski definition) is 7. The Morgan fingerprint density at radius 1 is 0.864 bits per heavy atom. The Morgan fingerprint density at radius 3 is 1.95 bits per heavy atom. The summed E-state index contributed by atoms with van der Waals surface area (Å²) < 4.78 is 34.6. The molecule has 1 aliphatic heterocycles. The van der Waals surface area contributed by atoms with Gasteiger partial charge < -0.3 is 14.5 Å². The smallest absolute Gasteiger partial charge is 0.243 e. The molecule has 3 aromatic carbocycles. The van der Waals surface area contributed by atoms with Crippen molar-refractivity contribution < 1.29 is 17.9 Å². The average Bonchev–Trinajstić information content (AvgIpc) is 3.04. The number of rotatable bonds is 11. The summed E-state index contributed by atoms with van der Waals surface area (Å²) in [5.41, 5.74) is 5.21. The molecule has 0 N–H and O–H groups in total. The molecule has 0 spiro atoms. The number of sulfonamides is 1. The minimum atomic E-state index is -3.92. The van der Waals surface area contributed by atoms with Crippen molar-refractivity contribution in [1.29, 1.82) is 0 Å². The van der Waals surface area contributed by atoms with E-state index in [9.17, 15) is 13.2 Å². The van der Waals surface area contributed by atoms with Crippen molar-refractivity contribution in [3.63, 3.8) is 0 Å². The van der Waals surface area contributed by atoms with Crippen molar-refractivity contribution in [2.45, 2.75) is 37.6 Å². The lowest BCUT2D eigenvalue weighted by Crippen LogP contribution is -2.46. The van der Waals surface area contributed by atoms with Crippen LogP contribution in [-0.4, -0.2) is 63.8 Å². The Kier molecular flexibility index (Phi) is 9.66. The van der Waals surface area contributed by atoms with Crippen molar-refractivity contribution in [1.82, 2.24) is 9.29 Å². The molecule has 4 aromatic rings. The number of hydrogen-bond donors (Lipinski definition) is 0. The number of anilines is 2. The number of methoxy groups -OCH3 is 1. The van der Waals surface area contributed by atoms with Gasteiger partial charge in [0.15, 0.2) is 0 Å². The van der Waals surface area contributed by atoms with Crippen LogP contribution in [0.5, 0.6) is 5.75 Å². The first-order valence-corrected chi connectivity index (χ1v) is 16.3. The number of benzene rings is 3. The van der Waals surface area contributed by atoms with Gasteiger partial charge in [0.05, 0.1) is 18.0 Å². The summed E-state index contributed by atoms with van der Waals surface area (Å²) >= 11 is 0. The van der Waals surface area contributed by atoms with E-state index in [0.29, 0.717) is 16.9 Å². The van der Waals surface area contributed by atoms with E-state index >= 15 is 0 Å². The van der Waals surface area contributed by atoms with Gasteiger partial charge >= 0.3 is 0 Å². The van der Waals surface area contributed by atoms with Crippen molar-refractivity contribution in [2.24, 2.45) is 0 Å². The van der Waals surface area contributed by atoms with E-state index in [1.54, 1.807) is 40.1 Å². The molecule has 1 atom stereocenters. The Labute approximate surface area is 261 Å². The van der Waals surface area contributed by atoms with Gasteiger partial charge in [-0.1, -0.05) is 42.5 Å². The zero-order valence-electron chi connectivity index (χ0n) is 25.8. The fraction of sp³-hybridized carbons (Fsp3) is 0.314. The number of ketones is 1. The van der Waals surface area contributed by atoms with Gasteiger partial charge in [-0.25, -0.2) is 8.42 Å². The normalized spacial score (nSPS) is 14.5. The molecule has 0 bridgehead atoms. The zero-order chi connectivity index (χ0) is 31.3. The molecule has 1 aliphatic rings. The Morgan fingerprint density at radius 2 is 1.41 bits per heavy atom. The van der Waals surface area contributed by atoms with Gasteiger partial charge in [0, 0.05) is 69.8 Å². The summed E-state index contributed by atoms with van der Waals surface area (Å²) in [6, 6.07) is 24.4. The maximum Gasteiger partial charge on any atom is 0.243 e. The first-order valence-electron chi connectivity index (χ1n) is 14.9. The summed E-state index contributed by atoms with van der Waals surface area (Å²) in [5, 5.41) is 0. The van der Waals surface area contributed by atoms with E-state index in [0.717, 1.165) is 43.0 Å². The number of carbonyl (C=O) groups excluding carboxylic acids is 1. The van der Waals surface area contributed by atoms with Crippen molar-refractivity contribution >= 4 is 27.2 Å². The molecule has 0 aliphatic carbocycles. The molecule has 44 heavy (non-hydrogen) atoms. The van der Waals surface area contributed by atoms with Gasteiger partial charge in [-0.3, -0.25) is 9.78 Å². The second-order valence-electron chi connectivity index (χ2n) is 11.3. The quantitative estimate of drug-likeness (QED) is 0.218. The minimum absolute atomic E-state index is 0.0252. The largest absolute Gasteiger partial charge is 0.497 e. The van der Waals surface area contributed by atoms with E-state index in [1.807, 2.05) is 67.0 Å². The molecular weight excluding hydrogens is 572 g/mol. The van der Waals surface area contributed by atoms with E-state index in [2.05, 4.69) is 26.9 Å². The van der Waals surface area contributed by atoms with Crippen LogP contribution in [0, 0.1) is 13.8 Å². The molecule has 0 radical (unpaired) electrons. The van der Waals surface area contributed by atoms with E-state index in [-0.39, 0.29) is 23.5 Å². The van der Waals surface area contributed by atoms with Gasteiger partial charge in [-0.15, -0.1) is 0 Å². The molecule has 1 saturated heterocycles. The standard InChI is InChI=1S/C35H40N4O4S/c1-26-22-33(43-4)23-27(2)35(26)44(41,42)37(3)34(29-8-6-5-7-9-29)25-32(40)24-28-10-12-30(13-11-28)38-18-20-39(21-19-38)31-14-16-36-17-15-31/h5-17,22-23,34H,18-21,24-25H2,1-4H3. The first kappa shape index (κ1) is 31.2. The second kappa shape index (κ2) is 13.6. The Balaban J connectivity index is 1.28. The van der Waals surface area contributed by atoms with Gasteiger partial charge in [-0.2, -0.15) is 4.31 Å². The highest BCUT2D eigenvalue weighted by Gasteiger charge is 2.33. The van der Waals surface area contributed by atoms with E-state index in [4.69, 9.17) is 4.74 Å². The van der Waals surface area contributed by atoms with Crippen LogP contribution in [0.4, 0.5) is 11.4 Å². The Hall–Kier alpha value is -4.21. The molecule has 9 heteroatoms. The molecule has 8 nitrogen and oxygen atoms in total. The SMILES string of the molecule is COc1cc(C)c(S(=O)(=O)N(C)C(CC(=O)Cc2ccc(N3CCN(c4ccncc4)CC3)cc2)c2ccccc2)c(C)c1. The van der Waals surface area contributed by atoms with E-state index < -0.39 is 16.1 Å². The van der Waals surface area contributed by atoms with Crippen molar-refractivity contribution in [3.8, 4) is 5.75 Å². The fourth-order valence-corrected chi connectivity index (χ4v) is 7.75. The lowest BCUT2D eigenvalue weighted by Gasteiger charge is -2.37. The molecule has 1 unspecified atom stereocenters. The third kappa shape index (κ3) is 6.95. The summed E-state index contributed by atoms with van der Waals surface area (Å²) in [6.07, 6.45) is 3.94. The molecule has 1 aromatic heterocycles. The highest BCUT2D eigenvalue weighted by atomic mass is 32.2. The summed E-state index contributed by atoms with van der Waals surface area (Å²) in [6.45, 7) is 7.21. The van der Waals surface area contributed by atoms with Gasteiger partial charge in [0.1, 0.15) is 11.5 Å². The number of aromatic nitrogens is 1. The number of piperazine rings is 1. The van der Waals surface area contributed by atoms with Gasteiger partial charge in [0.2, 0.25) is 10.0 Å². The average molecular weight is 613 g/mol. The third-order valence-electron chi connectivity index (χ3n) is 8.36. The highest BCUT2D eigenvalue weighted by molar-refractivity contribution is 7.89. The predicted octanol–water partition coefficient (Wildman–Crippen LogP) is 5.60. The van der Waals surface area contributed by atoms with Crippen LogP contribution in [0.15, 0.2) is 96.2 Å². The topological polar surface area (TPSA) is 83.0 Å². The summed E-state index contributed by atoms with van der Waals surface area (Å²) in [4.78, 5) is 22.6. The number of pyridine rings is 1. The second-order valence-corrected chi connectivity index (χ2v) is 13.2. The van der Waals surface area contributed by atoms with Crippen LogP contribution in [0.3, 0.4) is 0 Å². The molecular formula is C35H40N4O4S. The molecule has 230 valence electrons. The Bertz CT molecular complexity index is 1650. The van der Waals surface area contributed by atoms with Crippen molar-refractivity contribution in [2.75, 3.05) is 50.1 Å². The lowest BCUT2D eigenvalue weighted by molar-refractivity contribution is -0.119. The maximum atomic E-state index is 14.0. The molecule has 5 rings (SSSR count). The molecule has 0 saturated carbocycles. The van der Waals surface area contributed by atoms with Crippen LogP contribution < -0.4 is 14.5 Å². The lowest BCUT2D eigenvalue weighted by atomic mass is 9.98. The highest BCUT2D eigenvalue weighted by Crippen LogP contribution is 2.34. The fourth-order valence-electron chi connectivity index (χ4n) is 6.00. The van der Waals surface area contributed by atoms with Gasteiger partial charge in [0.25, 0.3) is 0 Å². The first-order chi connectivity index (χ1) is 21.2. The number of ether oxygens (including phenoxy) is 1. The summed E-state index contributed by atoms with van der Waals surface area (Å²) in [7, 11) is -0.795. The number of aryl methyl sites for hydroxylation is 2. The molecule has 0 amide bonds. The summed E-state index contributed by atoms with van der Waals surface area (Å²) in [5.74, 6) is 0.581. The third-order valence-corrected chi connectivity index (χ3v) is 10.5. The van der Waals surface area contributed by atoms with Crippen molar-refractivity contribution in [3.05, 3.63) is 114 Å². The van der Waals surface area contributed by atoms with Gasteiger partial charge in [-0.05, 0) is 72.5 Å². The van der Waals surface area contributed by atoms with Crippen LogP contribution in [0.2, 0.25) is 0 Å². The number of nitrogens with zero attached hydrogens (tertiary/aromatic N) is 4. The number of Topliss-reactive ketones (excluding diaryl/α,β-unsaturated/α-hetero) is 1. The van der Waals surface area contributed by atoms with Crippen LogP contribution in [0.1, 0.15) is 34.7 Å². The monoisotopic (exact) mass is 612 g/mol. The van der Waals surface area contributed by atoms with Crippen LogP contribution >= 0.6 is 0 Å². The minimum Gasteiger partial charge on any atom is -0.497 e.